The van der Waals surface area contributed by atoms with Crippen molar-refractivity contribution in [2.24, 2.45) is 5.41 Å². The number of carboxylic acid groups (broad SMARTS) is 1. The number of urea groups is 1. The van der Waals surface area contributed by atoms with Crippen LogP contribution in [-0.4, -0.2) is 35.1 Å². The molecule has 1 aliphatic heterocycles. The van der Waals surface area contributed by atoms with Gasteiger partial charge in [-0.05, 0) is 53.9 Å². The molecule has 5 nitrogen and oxygen atoms in total. The number of piperidine rings is 1. The normalized spacial score (nSPS) is 17.4. The highest BCUT2D eigenvalue weighted by Gasteiger charge is 2.38. The van der Waals surface area contributed by atoms with Crippen molar-refractivity contribution in [1.82, 2.24) is 4.90 Å². The van der Waals surface area contributed by atoms with Gasteiger partial charge in [0.1, 0.15) is 0 Å². The van der Waals surface area contributed by atoms with E-state index in [1.807, 2.05) is 18.2 Å². The summed E-state index contributed by atoms with van der Waals surface area (Å²) in [5.74, 6) is -0.794. The molecule has 2 amide bonds. The molecule has 0 aromatic heterocycles. The van der Waals surface area contributed by atoms with Crippen LogP contribution >= 0.6 is 31.9 Å². The standard InChI is InChI=1S/C14H16Br2N2O3/c1-14(12(19)20)4-6-18(7-5-14)13(21)17-11-8-9(15)2-3-10(11)16/h2-3,8H,4-7H2,1H3,(H,17,21)(H,19,20). The van der Waals surface area contributed by atoms with Crippen LogP contribution in [0.1, 0.15) is 19.8 Å². The molecule has 0 radical (unpaired) electrons. The van der Waals surface area contributed by atoms with E-state index in [0.29, 0.717) is 31.6 Å². The predicted molar refractivity (Wildman–Crippen MR) is 87.4 cm³/mol. The van der Waals surface area contributed by atoms with Gasteiger partial charge < -0.3 is 15.3 Å². The molecule has 1 saturated heterocycles. The third-order valence-electron chi connectivity index (χ3n) is 3.84. The van der Waals surface area contributed by atoms with Crippen molar-refractivity contribution in [3.8, 4) is 0 Å². The molecule has 0 atom stereocenters. The first-order valence-corrected chi connectivity index (χ1v) is 8.15. The predicted octanol–water partition coefficient (Wildman–Crippen LogP) is 3.93. The van der Waals surface area contributed by atoms with E-state index in [0.717, 1.165) is 8.95 Å². The first-order valence-electron chi connectivity index (χ1n) is 6.56. The molecular formula is C14H16Br2N2O3. The summed E-state index contributed by atoms with van der Waals surface area (Å²) in [6.45, 7) is 2.62. The Kier molecular flexibility index (Phi) is 4.93. The molecular weight excluding hydrogens is 404 g/mol. The van der Waals surface area contributed by atoms with Crippen LogP contribution in [0.3, 0.4) is 0 Å². The smallest absolute Gasteiger partial charge is 0.321 e. The third kappa shape index (κ3) is 3.77. The van der Waals surface area contributed by atoms with Crippen LogP contribution < -0.4 is 5.32 Å². The molecule has 1 aliphatic rings. The highest BCUT2D eigenvalue weighted by Crippen LogP contribution is 2.32. The Morgan fingerprint density at radius 2 is 1.90 bits per heavy atom. The molecule has 0 aliphatic carbocycles. The fourth-order valence-electron chi connectivity index (χ4n) is 2.20. The fraction of sp³-hybridized carbons (Fsp3) is 0.429. The molecule has 0 unspecified atom stereocenters. The van der Waals surface area contributed by atoms with E-state index in [4.69, 9.17) is 0 Å². The minimum atomic E-state index is -0.794. The van der Waals surface area contributed by atoms with Crippen LogP contribution in [0, 0.1) is 5.41 Å². The topological polar surface area (TPSA) is 69.6 Å². The van der Waals surface area contributed by atoms with Crippen LogP contribution in [-0.2, 0) is 4.79 Å². The number of nitrogens with zero attached hydrogens (tertiary/aromatic N) is 1. The molecule has 1 aromatic carbocycles. The number of amides is 2. The second-order valence-corrected chi connectivity index (χ2v) is 7.18. The van der Waals surface area contributed by atoms with Crippen LogP contribution in [0.25, 0.3) is 0 Å². The summed E-state index contributed by atoms with van der Waals surface area (Å²) in [5.41, 5.74) is -0.0476. The second kappa shape index (κ2) is 6.36. The maximum atomic E-state index is 12.2. The Labute approximate surface area is 140 Å². The van der Waals surface area contributed by atoms with Crippen LogP contribution in [0.5, 0.6) is 0 Å². The van der Waals surface area contributed by atoms with Gasteiger partial charge in [-0.1, -0.05) is 15.9 Å². The van der Waals surface area contributed by atoms with Crippen molar-refractivity contribution < 1.29 is 14.7 Å². The summed E-state index contributed by atoms with van der Waals surface area (Å²) in [4.78, 5) is 25.1. The van der Waals surface area contributed by atoms with Gasteiger partial charge in [-0.25, -0.2) is 4.79 Å². The van der Waals surface area contributed by atoms with E-state index < -0.39 is 11.4 Å². The average molecular weight is 420 g/mol. The zero-order valence-electron chi connectivity index (χ0n) is 11.5. The number of rotatable bonds is 2. The van der Waals surface area contributed by atoms with Crippen molar-refractivity contribution in [2.45, 2.75) is 19.8 Å². The molecule has 1 aromatic rings. The zero-order valence-corrected chi connectivity index (χ0v) is 14.7. The van der Waals surface area contributed by atoms with Gasteiger partial charge >= 0.3 is 12.0 Å². The average Bonchev–Trinajstić information content (AvgIpc) is 2.43. The number of benzene rings is 1. The third-order valence-corrected chi connectivity index (χ3v) is 5.03. The highest BCUT2D eigenvalue weighted by molar-refractivity contribution is 9.11. The van der Waals surface area contributed by atoms with Crippen LogP contribution in [0.2, 0.25) is 0 Å². The summed E-state index contributed by atoms with van der Waals surface area (Å²) < 4.78 is 1.67. The lowest BCUT2D eigenvalue weighted by atomic mass is 9.80. The Morgan fingerprint density at radius 1 is 1.29 bits per heavy atom. The Hall–Kier alpha value is -1.08. The Morgan fingerprint density at radius 3 is 2.48 bits per heavy atom. The number of carbonyl (C=O) groups excluding carboxylic acids is 1. The number of hydrogen-bond donors (Lipinski definition) is 2. The Balaban J connectivity index is 2.00. The van der Waals surface area contributed by atoms with Crippen molar-refractivity contribution in [3.63, 3.8) is 0 Å². The summed E-state index contributed by atoms with van der Waals surface area (Å²) in [6.07, 6.45) is 0.935. The molecule has 1 fully saturated rings. The van der Waals surface area contributed by atoms with Gasteiger partial charge in [-0.2, -0.15) is 0 Å². The Bertz CT molecular complexity index is 569. The number of likely N-dealkylation sites (tertiary alicyclic amines) is 1. The van der Waals surface area contributed by atoms with E-state index in [9.17, 15) is 14.7 Å². The summed E-state index contributed by atoms with van der Waals surface area (Å²) in [6, 6.07) is 5.32. The molecule has 2 rings (SSSR count). The van der Waals surface area contributed by atoms with Gasteiger partial charge in [-0.15, -0.1) is 0 Å². The van der Waals surface area contributed by atoms with Crippen molar-refractivity contribution in [2.75, 3.05) is 18.4 Å². The largest absolute Gasteiger partial charge is 0.481 e. The van der Waals surface area contributed by atoms with Gasteiger partial charge in [0.15, 0.2) is 0 Å². The first-order chi connectivity index (χ1) is 9.82. The number of aliphatic carboxylic acids is 1. The number of carboxylic acids is 1. The fourth-order valence-corrected chi connectivity index (χ4v) is 2.91. The van der Waals surface area contributed by atoms with E-state index in [1.54, 1.807) is 11.8 Å². The van der Waals surface area contributed by atoms with Crippen molar-refractivity contribution >= 4 is 49.5 Å². The number of carbonyl (C=O) groups is 2. The molecule has 21 heavy (non-hydrogen) atoms. The van der Waals surface area contributed by atoms with E-state index in [1.165, 1.54) is 0 Å². The summed E-state index contributed by atoms with van der Waals surface area (Å²) in [7, 11) is 0. The van der Waals surface area contributed by atoms with Crippen molar-refractivity contribution in [3.05, 3.63) is 27.1 Å². The number of hydrogen-bond acceptors (Lipinski definition) is 2. The summed E-state index contributed by atoms with van der Waals surface area (Å²) in [5, 5.41) is 12.0. The lowest BCUT2D eigenvalue weighted by Gasteiger charge is -2.36. The van der Waals surface area contributed by atoms with Gasteiger partial charge in [-0.3, -0.25) is 4.79 Å². The molecule has 2 N–H and O–H groups in total. The maximum absolute atomic E-state index is 12.2. The summed E-state index contributed by atoms with van der Waals surface area (Å²) >= 11 is 6.75. The highest BCUT2D eigenvalue weighted by atomic mass is 79.9. The van der Waals surface area contributed by atoms with Gasteiger partial charge in [0, 0.05) is 22.0 Å². The van der Waals surface area contributed by atoms with Gasteiger partial charge in [0.25, 0.3) is 0 Å². The molecule has 7 heteroatoms. The van der Waals surface area contributed by atoms with E-state index >= 15 is 0 Å². The van der Waals surface area contributed by atoms with E-state index in [-0.39, 0.29) is 6.03 Å². The molecule has 1 heterocycles. The lowest BCUT2D eigenvalue weighted by Crippen LogP contribution is -2.46. The molecule has 0 spiro atoms. The number of halogens is 2. The minimum Gasteiger partial charge on any atom is -0.481 e. The molecule has 0 bridgehead atoms. The minimum absolute atomic E-state index is 0.207. The van der Waals surface area contributed by atoms with Crippen LogP contribution in [0.15, 0.2) is 27.1 Å². The monoisotopic (exact) mass is 418 g/mol. The number of nitrogens with one attached hydrogen (secondary N) is 1. The quantitative estimate of drug-likeness (QED) is 0.762. The molecule has 0 saturated carbocycles. The zero-order chi connectivity index (χ0) is 15.6. The first kappa shape index (κ1) is 16.3. The number of anilines is 1. The second-order valence-electron chi connectivity index (χ2n) is 5.41. The maximum Gasteiger partial charge on any atom is 0.321 e. The SMILES string of the molecule is CC1(C(=O)O)CCN(C(=O)Nc2cc(Br)ccc2Br)CC1. The molecule has 114 valence electrons. The van der Waals surface area contributed by atoms with Gasteiger partial charge in [0.05, 0.1) is 11.1 Å². The lowest BCUT2D eigenvalue weighted by molar-refractivity contribution is -0.150. The van der Waals surface area contributed by atoms with Crippen LogP contribution in [0.4, 0.5) is 10.5 Å². The van der Waals surface area contributed by atoms with E-state index in [2.05, 4.69) is 37.2 Å². The van der Waals surface area contributed by atoms with Crippen molar-refractivity contribution in [1.29, 1.82) is 0 Å². The van der Waals surface area contributed by atoms with Gasteiger partial charge in [0.2, 0.25) is 0 Å².